The third-order valence-electron chi connectivity index (χ3n) is 8.33. The molecule has 0 radical (unpaired) electrons. The number of nitrogens with zero attached hydrogens (tertiary/aromatic N) is 1. The summed E-state index contributed by atoms with van der Waals surface area (Å²) in [6.45, 7) is 2.76. The van der Waals surface area contributed by atoms with Crippen LogP contribution >= 0.6 is 0 Å². The molecule has 12 heteroatoms. The lowest BCUT2D eigenvalue weighted by Gasteiger charge is -2.23. The number of ether oxygens (including phenoxy) is 3. The number of unbranched alkanes of at least 4 members (excludes halogenated alkanes) is 1. The summed E-state index contributed by atoms with van der Waals surface area (Å²) in [5.41, 5.74) is 1.50. The number of methoxy groups -OCH3 is 1. The number of esters is 2. The summed E-state index contributed by atoms with van der Waals surface area (Å²) in [6, 6.07) is 14.3. The van der Waals surface area contributed by atoms with Crippen LogP contribution in [0.3, 0.4) is 0 Å². The molecule has 2 aromatic carbocycles. The first-order valence-electron chi connectivity index (χ1n) is 15.8. The number of allylic oxidation sites excluding steroid dienone is 2. The molecule has 1 aliphatic carbocycles. The van der Waals surface area contributed by atoms with E-state index in [1.54, 1.807) is 0 Å². The normalized spacial score (nSPS) is 20.3. The van der Waals surface area contributed by atoms with Gasteiger partial charge in [0.1, 0.15) is 6.61 Å². The number of hydrogen-bond donors (Lipinski definition) is 3. The van der Waals surface area contributed by atoms with Crippen molar-refractivity contribution in [3.8, 4) is 11.5 Å². The van der Waals surface area contributed by atoms with Gasteiger partial charge in [0.15, 0.2) is 17.6 Å². The maximum Gasteiger partial charge on any atom is 0.330 e. The summed E-state index contributed by atoms with van der Waals surface area (Å²) >= 11 is 0. The monoisotopic (exact) mass is 655 g/mol. The zero-order valence-corrected chi connectivity index (χ0v) is 26.6. The molecule has 3 rings (SSSR count). The standard InChI is InChI=1S/C35H45NO11/c1-3-34(40)47-33(23-45-36(42)43)25-16-20-31(32(21-25)44-2)46-35(41)14-10-5-4-9-13-27-28(30(39)22-29(27)38)19-18-26(37)17-15-24-11-7-6-8-12-24/h3-4,6-9,11-12,16,20-21,26-30,33,37-39H,1,5,10,13-15,17-19,22-23H2,2H3/t26?,27-,28-,29+,30-,33+/m1/s1. The van der Waals surface area contributed by atoms with Gasteiger partial charge in [-0.25, -0.2) is 4.79 Å². The Bertz CT molecular complexity index is 1330. The second kappa shape index (κ2) is 19.4. The predicted octanol–water partition coefficient (Wildman–Crippen LogP) is 4.83. The Balaban J connectivity index is 1.43. The molecule has 2 aromatic rings. The zero-order valence-electron chi connectivity index (χ0n) is 26.6. The Morgan fingerprint density at radius 3 is 2.51 bits per heavy atom. The van der Waals surface area contributed by atoms with Crippen LogP contribution < -0.4 is 9.47 Å². The highest BCUT2D eigenvalue weighted by Gasteiger charge is 2.40. The fourth-order valence-corrected chi connectivity index (χ4v) is 5.81. The average molecular weight is 656 g/mol. The molecule has 1 unspecified atom stereocenters. The third-order valence-corrected chi connectivity index (χ3v) is 8.33. The number of rotatable bonds is 20. The van der Waals surface area contributed by atoms with Crippen molar-refractivity contribution in [2.75, 3.05) is 13.7 Å². The summed E-state index contributed by atoms with van der Waals surface area (Å²) in [6.07, 6.45) is 6.82. The Hall–Kier alpha value is -4.26. The molecule has 0 heterocycles. The average Bonchev–Trinajstić information content (AvgIpc) is 3.33. The van der Waals surface area contributed by atoms with Crippen molar-refractivity contribution in [3.05, 3.63) is 94.6 Å². The van der Waals surface area contributed by atoms with E-state index in [4.69, 9.17) is 14.2 Å². The lowest BCUT2D eigenvalue weighted by Crippen LogP contribution is -2.23. The van der Waals surface area contributed by atoms with Gasteiger partial charge in [-0.15, -0.1) is 10.1 Å². The van der Waals surface area contributed by atoms with Crippen LogP contribution in [0, 0.1) is 22.0 Å². The lowest BCUT2D eigenvalue weighted by atomic mass is 9.85. The first kappa shape index (κ1) is 37.2. The summed E-state index contributed by atoms with van der Waals surface area (Å²) in [5.74, 6) is -1.20. The molecule has 1 aliphatic rings. The van der Waals surface area contributed by atoms with E-state index in [1.165, 1.54) is 30.9 Å². The number of aryl methyl sites for hydroxylation is 1. The molecule has 0 amide bonds. The lowest BCUT2D eigenvalue weighted by molar-refractivity contribution is -0.759. The predicted molar refractivity (Wildman–Crippen MR) is 172 cm³/mol. The van der Waals surface area contributed by atoms with E-state index in [0.29, 0.717) is 50.5 Å². The highest BCUT2D eigenvalue weighted by Crippen LogP contribution is 2.38. The Morgan fingerprint density at radius 2 is 1.81 bits per heavy atom. The molecular formula is C35H45NO11. The molecule has 1 saturated carbocycles. The van der Waals surface area contributed by atoms with Gasteiger partial charge < -0.3 is 34.4 Å². The van der Waals surface area contributed by atoms with E-state index in [1.807, 2.05) is 42.5 Å². The smallest absolute Gasteiger partial charge is 0.330 e. The molecule has 0 aromatic heterocycles. The number of carbonyl (C=O) groups is 2. The number of hydrogen-bond acceptors (Lipinski definition) is 11. The van der Waals surface area contributed by atoms with Gasteiger partial charge in [0.05, 0.1) is 25.4 Å². The number of carbonyl (C=O) groups excluding carboxylic acids is 2. The van der Waals surface area contributed by atoms with Crippen molar-refractivity contribution in [1.82, 2.24) is 0 Å². The zero-order chi connectivity index (χ0) is 34.2. The Labute approximate surface area is 274 Å². The molecule has 0 aliphatic heterocycles. The highest BCUT2D eigenvalue weighted by atomic mass is 17.0. The number of aliphatic hydroxyl groups is 3. The SMILES string of the molecule is C=CC(=O)O[C@@H](CO[N+](=O)[O-])c1ccc(OC(=O)CCCC=CC[C@@H]2[C@@H](CCC(O)CCc3ccccc3)[C@H](O)C[C@@H]2O)c(OC)c1. The van der Waals surface area contributed by atoms with Crippen molar-refractivity contribution in [2.45, 2.75) is 82.2 Å². The summed E-state index contributed by atoms with van der Waals surface area (Å²) in [4.78, 5) is 39.2. The van der Waals surface area contributed by atoms with Crippen LogP contribution in [0.15, 0.2) is 73.3 Å². The minimum Gasteiger partial charge on any atom is -0.493 e. The quantitative estimate of drug-likeness (QED) is 0.0339. The van der Waals surface area contributed by atoms with Gasteiger partial charge in [0, 0.05) is 12.5 Å². The molecule has 1 fully saturated rings. The van der Waals surface area contributed by atoms with Crippen LogP contribution in [0.25, 0.3) is 0 Å². The summed E-state index contributed by atoms with van der Waals surface area (Å²) < 4.78 is 15.9. The third kappa shape index (κ3) is 12.5. The second-order valence-corrected chi connectivity index (χ2v) is 11.6. The van der Waals surface area contributed by atoms with Crippen LogP contribution in [0.5, 0.6) is 11.5 Å². The van der Waals surface area contributed by atoms with Crippen LogP contribution in [0.4, 0.5) is 0 Å². The molecule has 12 nitrogen and oxygen atoms in total. The van der Waals surface area contributed by atoms with Crippen LogP contribution in [0.2, 0.25) is 0 Å². The first-order chi connectivity index (χ1) is 22.6. The van der Waals surface area contributed by atoms with Crippen LogP contribution in [0.1, 0.15) is 68.6 Å². The fraction of sp³-hybridized carbons (Fsp3) is 0.486. The molecule has 0 saturated heterocycles. The number of benzene rings is 2. The maximum atomic E-state index is 12.5. The van der Waals surface area contributed by atoms with E-state index < -0.39 is 48.0 Å². The number of aliphatic hydroxyl groups excluding tert-OH is 3. The Kier molecular flexibility index (Phi) is 15.4. The van der Waals surface area contributed by atoms with Gasteiger partial charge in [-0.1, -0.05) is 55.1 Å². The summed E-state index contributed by atoms with van der Waals surface area (Å²) in [5, 5.41) is 41.3. The first-order valence-corrected chi connectivity index (χ1v) is 15.8. The van der Waals surface area contributed by atoms with Crippen LogP contribution in [-0.2, 0) is 25.6 Å². The van der Waals surface area contributed by atoms with Crippen molar-refractivity contribution in [1.29, 1.82) is 0 Å². The molecule has 0 bridgehead atoms. The molecule has 6 atom stereocenters. The molecule has 3 N–H and O–H groups in total. The van der Waals surface area contributed by atoms with Gasteiger partial charge in [0.2, 0.25) is 0 Å². The van der Waals surface area contributed by atoms with Gasteiger partial charge in [-0.3, -0.25) is 4.79 Å². The van der Waals surface area contributed by atoms with Gasteiger partial charge in [-0.05, 0) is 86.5 Å². The van der Waals surface area contributed by atoms with Crippen molar-refractivity contribution in [3.63, 3.8) is 0 Å². The van der Waals surface area contributed by atoms with Crippen LogP contribution in [-0.4, -0.2) is 64.4 Å². The van der Waals surface area contributed by atoms with Gasteiger partial charge >= 0.3 is 11.9 Å². The van der Waals surface area contributed by atoms with E-state index in [-0.39, 0.29) is 29.8 Å². The minimum atomic E-state index is -1.13. The van der Waals surface area contributed by atoms with E-state index in [9.17, 15) is 35.0 Å². The highest BCUT2D eigenvalue weighted by molar-refractivity contribution is 5.81. The molecular weight excluding hydrogens is 610 g/mol. The molecule has 256 valence electrons. The molecule has 47 heavy (non-hydrogen) atoms. The van der Waals surface area contributed by atoms with E-state index in [2.05, 4.69) is 11.4 Å². The molecule has 0 spiro atoms. The van der Waals surface area contributed by atoms with Gasteiger partial charge in [0.25, 0.3) is 5.09 Å². The maximum absolute atomic E-state index is 12.5. The van der Waals surface area contributed by atoms with Crippen molar-refractivity contribution >= 4 is 11.9 Å². The second-order valence-electron chi connectivity index (χ2n) is 11.6. The fourth-order valence-electron chi connectivity index (χ4n) is 5.81. The Morgan fingerprint density at radius 1 is 1.06 bits per heavy atom. The van der Waals surface area contributed by atoms with E-state index in [0.717, 1.165) is 12.5 Å². The van der Waals surface area contributed by atoms with E-state index >= 15 is 0 Å². The largest absolute Gasteiger partial charge is 0.493 e. The minimum absolute atomic E-state index is 0.0951. The van der Waals surface area contributed by atoms with Crippen molar-refractivity contribution in [2.24, 2.45) is 11.8 Å². The summed E-state index contributed by atoms with van der Waals surface area (Å²) in [7, 11) is 1.36. The topological polar surface area (TPSA) is 175 Å². The van der Waals surface area contributed by atoms with Gasteiger partial charge in [-0.2, -0.15) is 0 Å². The van der Waals surface area contributed by atoms with Crippen molar-refractivity contribution < 1.29 is 49.0 Å².